The van der Waals surface area contributed by atoms with Crippen LogP contribution in [-0.2, 0) is 0 Å². The summed E-state index contributed by atoms with van der Waals surface area (Å²) >= 11 is 0. The van der Waals surface area contributed by atoms with Gasteiger partial charge in [-0.3, -0.25) is 0 Å². The van der Waals surface area contributed by atoms with Crippen LogP contribution in [0.3, 0.4) is 0 Å². The molecular weight excluding hydrogens is 134 g/mol. The summed E-state index contributed by atoms with van der Waals surface area (Å²) in [6, 6.07) is 2.45. The lowest BCUT2D eigenvalue weighted by molar-refractivity contribution is 0.309. The second-order valence-corrected chi connectivity index (χ2v) is 1.66. The van der Waals surface area contributed by atoms with E-state index in [1.165, 1.54) is 6.07 Å². The quantitative estimate of drug-likeness (QED) is 0.551. The van der Waals surface area contributed by atoms with Gasteiger partial charge >= 0.3 is 5.63 Å². The van der Waals surface area contributed by atoms with Gasteiger partial charge in [0.2, 0.25) is 0 Å². The molecule has 0 fully saturated rings. The highest BCUT2D eigenvalue weighted by molar-refractivity contribution is 5.79. The van der Waals surface area contributed by atoms with Crippen molar-refractivity contribution in [1.29, 1.82) is 5.41 Å². The molecule has 0 amide bonds. The van der Waals surface area contributed by atoms with Gasteiger partial charge in [0.25, 0.3) is 5.95 Å². The Labute approximate surface area is 56.2 Å². The van der Waals surface area contributed by atoms with E-state index >= 15 is 0 Å². The summed E-state index contributed by atoms with van der Waals surface area (Å²) in [5.41, 5.74) is -0.428. The fourth-order valence-corrected chi connectivity index (χ4v) is 0.527. The van der Waals surface area contributed by atoms with Gasteiger partial charge in [-0.1, -0.05) is 0 Å². The number of nitrogens with one attached hydrogen (secondary N) is 1. The maximum Gasteiger partial charge on any atom is 0.338 e. The summed E-state index contributed by atoms with van der Waals surface area (Å²) in [5, 5.41) is 15.5. The first-order valence-corrected chi connectivity index (χ1v) is 2.57. The molecule has 0 bridgehead atoms. The molecule has 1 aromatic heterocycles. The van der Waals surface area contributed by atoms with Gasteiger partial charge in [-0.05, 0) is 6.07 Å². The normalized spacial score (nSPS) is 9.20. The molecule has 4 heteroatoms. The van der Waals surface area contributed by atoms with Crippen molar-refractivity contribution >= 4 is 6.21 Å². The molecule has 0 aliphatic rings. The van der Waals surface area contributed by atoms with E-state index in [-0.39, 0.29) is 5.56 Å². The molecule has 0 unspecified atom stereocenters. The second kappa shape index (κ2) is 2.34. The van der Waals surface area contributed by atoms with E-state index in [0.29, 0.717) is 0 Å². The van der Waals surface area contributed by atoms with E-state index in [0.717, 1.165) is 12.3 Å². The van der Waals surface area contributed by atoms with Crippen molar-refractivity contribution in [1.82, 2.24) is 0 Å². The van der Waals surface area contributed by atoms with Gasteiger partial charge in [-0.25, -0.2) is 4.79 Å². The zero-order chi connectivity index (χ0) is 7.56. The average molecular weight is 139 g/mol. The van der Waals surface area contributed by atoms with Gasteiger partial charge in [-0.2, -0.15) is 0 Å². The molecule has 1 rings (SSSR count). The molecule has 1 heterocycles. The lowest BCUT2D eigenvalue weighted by Gasteiger charge is -1.91. The Bertz CT molecular complexity index is 302. The molecule has 52 valence electrons. The summed E-state index contributed by atoms with van der Waals surface area (Å²) in [4.78, 5) is 10.4. The highest BCUT2D eigenvalue weighted by Gasteiger charge is 1.98. The Morgan fingerprint density at radius 3 is 2.80 bits per heavy atom. The molecule has 0 spiro atoms. The van der Waals surface area contributed by atoms with Gasteiger partial charge in [0.05, 0.1) is 5.56 Å². The molecule has 0 saturated carbocycles. The van der Waals surface area contributed by atoms with E-state index in [2.05, 4.69) is 4.42 Å². The lowest BCUT2D eigenvalue weighted by Crippen LogP contribution is -1.96. The summed E-state index contributed by atoms with van der Waals surface area (Å²) in [5.74, 6) is -0.512. The number of hydrogen-bond donors (Lipinski definition) is 2. The lowest BCUT2D eigenvalue weighted by atomic mass is 10.3. The topological polar surface area (TPSA) is 74.3 Å². The van der Waals surface area contributed by atoms with Crippen LogP contribution in [0.1, 0.15) is 5.56 Å². The van der Waals surface area contributed by atoms with E-state index in [4.69, 9.17) is 10.5 Å². The van der Waals surface area contributed by atoms with E-state index in [9.17, 15) is 4.79 Å². The third kappa shape index (κ3) is 1.05. The van der Waals surface area contributed by atoms with Crippen LogP contribution in [0.15, 0.2) is 21.3 Å². The van der Waals surface area contributed by atoms with Gasteiger partial charge < -0.3 is 14.9 Å². The monoisotopic (exact) mass is 139 g/mol. The fourth-order valence-electron chi connectivity index (χ4n) is 0.527. The van der Waals surface area contributed by atoms with Crippen molar-refractivity contribution < 1.29 is 9.52 Å². The Hall–Kier alpha value is -1.58. The van der Waals surface area contributed by atoms with Crippen LogP contribution in [0, 0.1) is 5.41 Å². The summed E-state index contributed by atoms with van der Waals surface area (Å²) in [6.07, 6.45) is 0.901. The van der Waals surface area contributed by atoms with E-state index < -0.39 is 11.6 Å². The van der Waals surface area contributed by atoms with Gasteiger partial charge in [0.1, 0.15) is 0 Å². The first-order valence-electron chi connectivity index (χ1n) is 2.57. The van der Waals surface area contributed by atoms with Gasteiger partial charge in [-0.15, -0.1) is 0 Å². The summed E-state index contributed by atoms with van der Waals surface area (Å²) in [7, 11) is 0. The number of aromatic hydroxyl groups is 1. The molecule has 2 N–H and O–H groups in total. The van der Waals surface area contributed by atoms with Gasteiger partial charge in [0, 0.05) is 12.3 Å². The summed E-state index contributed by atoms with van der Waals surface area (Å²) in [6.45, 7) is 0. The smallest absolute Gasteiger partial charge is 0.338 e. The van der Waals surface area contributed by atoms with E-state index in [1.807, 2.05) is 0 Å². The van der Waals surface area contributed by atoms with Crippen LogP contribution in [0.2, 0.25) is 0 Å². The van der Waals surface area contributed by atoms with Gasteiger partial charge in [0.15, 0.2) is 0 Å². The SMILES string of the molecule is N=Cc1ccc(=O)oc1O. The van der Waals surface area contributed by atoms with Crippen molar-refractivity contribution in [3.05, 3.63) is 28.1 Å². The van der Waals surface area contributed by atoms with Crippen molar-refractivity contribution in [3.8, 4) is 5.95 Å². The molecule has 10 heavy (non-hydrogen) atoms. The maximum atomic E-state index is 10.4. The second-order valence-electron chi connectivity index (χ2n) is 1.66. The molecule has 0 aromatic carbocycles. The molecule has 0 aliphatic heterocycles. The molecule has 0 radical (unpaired) electrons. The molecule has 0 aliphatic carbocycles. The van der Waals surface area contributed by atoms with Crippen molar-refractivity contribution in [3.63, 3.8) is 0 Å². The van der Waals surface area contributed by atoms with Crippen LogP contribution in [0.4, 0.5) is 0 Å². The standard InChI is InChI=1S/C6H5NO3/c7-3-4-1-2-5(8)10-6(4)9/h1-3,7,9H. The zero-order valence-corrected chi connectivity index (χ0v) is 5.00. The highest BCUT2D eigenvalue weighted by Crippen LogP contribution is 2.08. The summed E-state index contributed by atoms with van der Waals surface area (Å²) < 4.78 is 4.25. The highest BCUT2D eigenvalue weighted by atomic mass is 16.5. The van der Waals surface area contributed by atoms with Crippen LogP contribution in [0.25, 0.3) is 0 Å². The minimum absolute atomic E-state index is 0.194. The minimum Gasteiger partial charge on any atom is -0.480 e. The number of rotatable bonds is 1. The fraction of sp³-hybridized carbons (Fsp3) is 0. The first-order chi connectivity index (χ1) is 4.74. The van der Waals surface area contributed by atoms with E-state index in [1.54, 1.807) is 0 Å². The number of hydrogen-bond acceptors (Lipinski definition) is 4. The molecule has 0 atom stereocenters. The van der Waals surface area contributed by atoms with Crippen molar-refractivity contribution in [2.75, 3.05) is 0 Å². The Morgan fingerprint density at radius 2 is 2.30 bits per heavy atom. The minimum atomic E-state index is -0.622. The average Bonchev–Trinajstić information content (AvgIpc) is 1.88. The van der Waals surface area contributed by atoms with Crippen LogP contribution in [0.5, 0.6) is 5.95 Å². The third-order valence-corrected chi connectivity index (χ3v) is 0.999. The van der Waals surface area contributed by atoms with Crippen LogP contribution < -0.4 is 5.63 Å². The van der Waals surface area contributed by atoms with Crippen molar-refractivity contribution in [2.24, 2.45) is 0 Å². The van der Waals surface area contributed by atoms with Crippen LogP contribution >= 0.6 is 0 Å². The molecule has 1 aromatic rings. The molecule has 0 saturated heterocycles. The Kier molecular flexibility index (Phi) is 1.53. The predicted octanol–water partition coefficient (Wildman–Crippen LogP) is 0.343. The molecular formula is C6H5NO3. The predicted molar refractivity (Wildman–Crippen MR) is 34.5 cm³/mol. The Balaban J connectivity index is 3.32. The maximum absolute atomic E-state index is 10.4. The third-order valence-electron chi connectivity index (χ3n) is 0.999. The van der Waals surface area contributed by atoms with Crippen molar-refractivity contribution in [2.45, 2.75) is 0 Å². The first kappa shape index (κ1) is 6.54. The Morgan fingerprint density at radius 1 is 1.60 bits per heavy atom. The van der Waals surface area contributed by atoms with Crippen LogP contribution in [-0.4, -0.2) is 11.3 Å². The molecule has 4 nitrogen and oxygen atoms in total. The largest absolute Gasteiger partial charge is 0.480 e. The zero-order valence-electron chi connectivity index (χ0n) is 5.00.